The number of halogens is 1. The third kappa shape index (κ3) is 2.50. The standard InChI is InChI=1S/C17H25ClO4P2/c1-16(2)9-19-23(20-10-16)13-7-5-6-8-14(13)24(15(23)18)21-11-17(3,4)12-22-24/h5-8,15H,9-12H2,1-4H3/q+2. The number of benzene rings is 1. The second-order valence-corrected chi connectivity index (χ2v) is 15.3. The average Bonchev–Trinajstić information content (AvgIpc) is 2.74. The van der Waals surface area contributed by atoms with E-state index in [2.05, 4.69) is 39.8 Å². The van der Waals surface area contributed by atoms with Crippen molar-refractivity contribution in [3.05, 3.63) is 24.3 Å². The molecule has 0 saturated carbocycles. The summed E-state index contributed by atoms with van der Waals surface area (Å²) in [5.41, 5.74) is 0.00252. The van der Waals surface area contributed by atoms with Crippen LogP contribution in [0.3, 0.4) is 0 Å². The molecule has 24 heavy (non-hydrogen) atoms. The molecule has 2 spiro atoms. The zero-order chi connectivity index (χ0) is 17.2. The van der Waals surface area contributed by atoms with Crippen LogP contribution < -0.4 is 10.6 Å². The van der Waals surface area contributed by atoms with Gasteiger partial charge in [-0.15, -0.1) is 0 Å². The first-order chi connectivity index (χ1) is 11.2. The zero-order valence-corrected chi connectivity index (χ0v) is 17.2. The Morgan fingerprint density at radius 2 is 1.12 bits per heavy atom. The topological polar surface area (TPSA) is 36.9 Å². The van der Waals surface area contributed by atoms with Crippen molar-refractivity contribution in [3.63, 3.8) is 0 Å². The lowest BCUT2D eigenvalue weighted by molar-refractivity contribution is 0.0477. The minimum Gasteiger partial charge on any atom is -0.195 e. The molecule has 0 aliphatic carbocycles. The van der Waals surface area contributed by atoms with Crippen molar-refractivity contribution in [2.45, 2.75) is 32.6 Å². The minimum absolute atomic E-state index is 0.00126. The van der Waals surface area contributed by atoms with Gasteiger partial charge in [-0.05, 0) is 23.7 Å². The summed E-state index contributed by atoms with van der Waals surface area (Å²) >= 11 is 7.03. The van der Waals surface area contributed by atoms with E-state index in [4.69, 9.17) is 29.7 Å². The maximum atomic E-state index is 7.03. The summed E-state index contributed by atoms with van der Waals surface area (Å²) in [4.78, 5) is -0.380. The molecule has 0 unspecified atom stereocenters. The van der Waals surface area contributed by atoms with Crippen LogP contribution >= 0.6 is 27.0 Å². The Labute approximate surface area is 150 Å². The molecule has 2 saturated heterocycles. The first-order valence-electron chi connectivity index (χ1n) is 8.31. The summed E-state index contributed by atoms with van der Waals surface area (Å²) in [5, 5.41) is 2.15. The van der Waals surface area contributed by atoms with Crippen LogP contribution in [-0.2, 0) is 18.1 Å². The summed E-state index contributed by atoms with van der Waals surface area (Å²) in [7, 11) is -4.83. The van der Waals surface area contributed by atoms with Crippen LogP contribution in [0.1, 0.15) is 27.7 Å². The molecule has 3 aliphatic rings. The molecular formula is C17H25ClO4P2+2. The van der Waals surface area contributed by atoms with Gasteiger partial charge in [-0.1, -0.05) is 39.8 Å². The van der Waals surface area contributed by atoms with Crippen molar-refractivity contribution < 1.29 is 18.1 Å². The van der Waals surface area contributed by atoms with Crippen LogP contribution in [0, 0.1) is 10.8 Å². The van der Waals surface area contributed by atoms with Gasteiger partial charge in [0.2, 0.25) is 10.6 Å². The fourth-order valence-corrected chi connectivity index (χ4v) is 13.7. The van der Waals surface area contributed by atoms with Crippen LogP contribution in [0.2, 0.25) is 0 Å². The molecule has 0 radical (unpaired) electrons. The highest BCUT2D eigenvalue weighted by Crippen LogP contribution is 2.88. The summed E-state index contributed by atoms with van der Waals surface area (Å²) in [6.07, 6.45) is 0. The van der Waals surface area contributed by atoms with Crippen molar-refractivity contribution in [1.29, 1.82) is 0 Å². The van der Waals surface area contributed by atoms with Gasteiger partial charge < -0.3 is 0 Å². The van der Waals surface area contributed by atoms with Gasteiger partial charge in [-0.2, -0.15) is 18.1 Å². The molecule has 4 rings (SSSR count). The average molecular weight is 391 g/mol. The fraction of sp³-hybridized carbons (Fsp3) is 0.647. The van der Waals surface area contributed by atoms with E-state index in [-0.39, 0.29) is 15.7 Å². The van der Waals surface area contributed by atoms with E-state index < -0.39 is 15.4 Å². The van der Waals surface area contributed by atoms with Gasteiger partial charge >= 0.3 is 20.3 Å². The second-order valence-electron chi connectivity index (χ2n) is 8.42. The molecule has 7 heteroatoms. The van der Waals surface area contributed by atoms with Gasteiger partial charge in [-0.3, -0.25) is 0 Å². The Hall–Kier alpha value is 0.210. The van der Waals surface area contributed by atoms with Crippen LogP contribution in [0.4, 0.5) is 0 Å². The Bertz CT molecular complexity index is 589. The van der Waals surface area contributed by atoms with Gasteiger partial charge in [0.15, 0.2) is 0 Å². The van der Waals surface area contributed by atoms with Gasteiger partial charge in [-0.25, -0.2) is 0 Å². The quantitative estimate of drug-likeness (QED) is 0.488. The Balaban J connectivity index is 1.77. The van der Waals surface area contributed by atoms with Crippen LogP contribution in [0.15, 0.2) is 24.3 Å². The second kappa shape index (κ2) is 5.60. The third-order valence-electron chi connectivity index (χ3n) is 4.70. The van der Waals surface area contributed by atoms with Crippen molar-refractivity contribution in [3.8, 4) is 0 Å². The lowest BCUT2D eigenvalue weighted by Gasteiger charge is -2.36. The molecule has 1 aromatic carbocycles. The molecular weight excluding hydrogens is 366 g/mol. The van der Waals surface area contributed by atoms with Crippen LogP contribution in [0.5, 0.6) is 0 Å². The molecule has 0 bridgehead atoms. The predicted molar refractivity (Wildman–Crippen MR) is 101 cm³/mol. The van der Waals surface area contributed by atoms with E-state index in [0.29, 0.717) is 26.4 Å². The molecule has 0 N–H and O–H groups in total. The summed E-state index contributed by atoms with van der Waals surface area (Å²) in [5.74, 6) is 0. The van der Waals surface area contributed by atoms with Crippen molar-refractivity contribution in [1.82, 2.24) is 0 Å². The number of fused-ring (bicyclic) bond motifs is 3. The van der Waals surface area contributed by atoms with Crippen LogP contribution in [0.25, 0.3) is 0 Å². The lowest BCUT2D eigenvalue weighted by Crippen LogP contribution is -2.36. The number of hydrogen-bond acceptors (Lipinski definition) is 4. The molecule has 3 heterocycles. The highest BCUT2D eigenvalue weighted by atomic mass is 35.5. The van der Waals surface area contributed by atoms with Crippen molar-refractivity contribution in [2.75, 3.05) is 26.4 Å². The molecule has 2 fully saturated rings. The molecule has 3 aliphatic heterocycles. The molecule has 4 nitrogen and oxygen atoms in total. The van der Waals surface area contributed by atoms with E-state index >= 15 is 0 Å². The smallest absolute Gasteiger partial charge is 0.195 e. The molecule has 1 aromatic rings. The van der Waals surface area contributed by atoms with E-state index in [1.54, 1.807) is 0 Å². The molecule has 0 atom stereocenters. The van der Waals surface area contributed by atoms with E-state index in [1.165, 1.54) is 0 Å². The monoisotopic (exact) mass is 390 g/mol. The highest BCUT2D eigenvalue weighted by molar-refractivity contribution is 7.98. The third-order valence-corrected chi connectivity index (χ3v) is 13.5. The van der Waals surface area contributed by atoms with Gasteiger partial charge in [0, 0.05) is 10.8 Å². The van der Waals surface area contributed by atoms with Crippen molar-refractivity contribution >= 4 is 37.6 Å². The molecule has 0 aromatic heterocycles. The van der Waals surface area contributed by atoms with Crippen molar-refractivity contribution in [2.24, 2.45) is 10.8 Å². The fourth-order valence-electron chi connectivity index (χ4n) is 3.19. The van der Waals surface area contributed by atoms with Gasteiger partial charge in [0.25, 0.3) is 0 Å². The lowest BCUT2D eigenvalue weighted by atomic mass is 9.97. The summed E-state index contributed by atoms with van der Waals surface area (Å²) in [6.45, 7) is 11.2. The summed E-state index contributed by atoms with van der Waals surface area (Å²) in [6, 6.07) is 8.20. The first-order valence-corrected chi connectivity index (χ1v) is 12.1. The SMILES string of the molecule is CC1(C)CO[P+]2(OC1)c1ccccc1[P+]1(OCC(C)(C)CO1)C2Cl. The Morgan fingerprint density at radius 1 is 0.792 bits per heavy atom. The summed E-state index contributed by atoms with van der Waals surface area (Å²) < 4.78 is 25.5. The zero-order valence-electron chi connectivity index (χ0n) is 14.6. The van der Waals surface area contributed by atoms with Gasteiger partial charge in [0.05, 0.1) is 0 Å². The number of rotatable bonds is 0. The maximum Gasteiger partial charge on any atom is 0.374 e. The number of hydrogen-bond donors (Lipinski definition) is 0. The van der Waals surface area contributed by atoms with E-state index in [1.807, 2.05) is 12.1 Å². The van der Waals surface area contributed by atoms with Crippen LogP contribution in [-0.4, -0.2) is 31.3 Å². The van der Waals surface area contributed by atoms with E-state index in [0.717, 1.165) is 10.6 Å². The number of alkyl halides is 1. The maximum absolute atomic E-state index is 7.03. The highest BCUT2D eigenvalue weighted by Gasteiger charge is 2.82. The first kappa shape index (κ1) is 17.6. The Morgan fingerprint density at radius 3 is 1.46 bits per heavy atom. The predicted octanol–water partition coefficient (Wildman–Crippen LogP) is 4.31. The van der Waals surface area contributed by atoms with E-state index in [9.17, 15) is 0 Å². The molecule has 0 amide bonds. The van der Waals surface area contributed by atoms with Gasteiger partial charge in [0.1, 0.15) is 26.4 Å². The normalized spacial score (nSPS) is 29.7. The minimum atomic E-state index is -2.41. The largest absolute Gasteiger partial charge is 0.374 e. The Kier molecular flexibility index (Phi) is 4.11. The molecule has 132 valence electrons.